The maximum absolute atomic E-state index is 5.28. The summed E-state index contributed by atoms with van der Waals surface area (Å²) in [5.41, 5.74) is 0. The number of ether oxygens (including phenoxy) is 1. The number of hydrogen-bond donors (Lipinski definition) is 1. The largest absolute Gasteiger partial charge is 0.382 e. The van der Waals surface area contributed by atoms with Crippen LogP contribution in [0.2, 0.25) is 0 Å². The number of hydrogen-bond acceptors (Lipinski definition) is 3. The fraction of sp³-hybridized carbons (Fsp3) is 0.636. The zero-order valence-corrected chi connectivity index (χ0v) is 11.7. The molecule has 1 aromatic rings. The first-order valence-corrected chi connectivity index (χ1v) is 6.96. The molecule has 1 rings (SSSR count). The highest BCUT2D eigenvalue weighted by atomic mass is 79.9. The Bertz CT molecular complexity index is 277. The molecule has 15 heavy (non-hydrogen) atoms. The predicted octanol–water partition coefficient (Wildman–Crippen LogP) is 3.59. The lowest BCUT2D eigenvalue weighted by atomic mass is 10.2. The highest BCUT2D eigenvalue weighted by Gasteiger charge is 2.06. The van der Waals surface area contributed by atoms with E-state index in [1.54, 1.807) is 11.3 Å². The summed E-state index contributed by atoms with van der Waals surface area (Å²) < 4.78 is 6.45. The molecule has 0 amide bonds. The summed E-state index contributed by atoms with van der Waals surface area (Å²) in [5, 5.41) is 5.60. The average molecular weight is 292 g/mol. The maximum atomic E-state index is 5.28. The van der Waals surface area contributed by atoms with Gasteiger partial charge in [0.25, 0.3) is 0 Å². The third kappa shape index (κ3) is 5.11. The van der Waals surface area contributed by atoms with E-state index in [0.717, 1.165) is 26.2 Å². The molecule has 0 aliphatic heterocycles. The first-order chi connectivity index (χ1) is 7.24. The summed E-state index contributed by atoms with van der Waals surface area (Å²) >= 11 is 5.25. The van der Waals surface area contributed by atoms with E-state index >= 15 is 0 Å². The highest BCUT2D eigenvalue weighted by Crippen LogP contribution is 2.25. The summed E-state index contributed by atoms with van der Waals surface area (Å²) in [4.78, 5) is 1.37. The Morgan fingerprint density at radius 1 is 1.60 bits per heavy atom. The van der Waals surface area contributed by atoms with Crippen LogP contribution in [0.1, 0.15) is 31.2 Å². The van der Waals surface area contributed by atoms with Crippen LogP contribution in [-0.2, 0) is 4.74 Å². The highest BCUT2D eigenvalue weighted by molar-refractivity contribution is 9.10. The SMILES string of the molecule is CCOCCCNC(C)c1cc(Br)cs1. The Hall–Kier alpha value is 0.1000. The Labute approximate surface area is 104 Å². The van der Waals surface area contributed by atoms with E-state index in [-0.39, 0.29) is 0 Å². The molecule has 1 unspecified atom stereocenters. The van der Waals surface area contributed by atoms with Crippen molar-refractivity contribution in [1.29, 1.82) is 0 Å². The van der Waals surface area contributed by atoms with Crippen molar-refractivity contribution in [2.75, 3.05) is 19.8 Å². The summed E-state index contributed by atoms with van der Waals surface area (Å²) in [5.74, 6) is 0. The predicted molar refractivity (Wildman–Crippen MR) is 69.5 cm³/mol. The topological polar surface area (TPSA) is 21.3 Å². The minimum Gasteiger partial charge on any atom is -0.382 e. The van der Waals surface area contributed by atoms with Gasteiger partial charge in [-0.05, 0) is 48.8 Å². The van der Waals surface area contributed by atoms with Crippen LogP contribution in [0, 0.1) is 0 Å². The van der Waals surface area contributed by atoms with Crippen LogP contribution in [0.4, 0.5) is 0 Å². The average Bonchev–Trinajstić information content (AvgIpc) is 2.64. The van der Waals surface area contributed by atoms with Gasteiger partial charge < -0.3 is 10.1 Å². The first kappa shape index (κ1) is 13.2. The van der Waals surface area contributed by atoms with Crippen molar-refractivity contribution in [3.05, 3.63) is 20.8 Å². The van der Waals surface area contributed by atoms with E-state index in [2.05, 4.69) is 39.6 Å². The second kappa shape index (κ2) is 7.39. The molecular weight excluding hydrogens is 274 g/mol. The fourth-order valence-corrected chi connectivity index (χ4v) is 2.77. The Kier molecular flexibility index (Phi) is 6.48. The molecule has 1 heterocycles. The third-order valence-electron chi connectivity index (χ3n) is 2.13. The van der Waals surface area contributed by atoms with Crippen molar-refractivity contribution in [3.8, 4) is 0 Å². The van der Waals surface area contributed by atoms with Crippen molar-refractivity contribution >= 4 is 27.3 Å². The molecular formula is C11H18BrNOS. The molecule has 4 heteroatoms. The van der Waals surface area contributed by atoms with Crippen molar-refractivity contribution < 1.29 is 4.74 Å². The van der Waals surface area contributed by atoms with Gasteiger partial charge in [0.15, 0.2) is 0 Å². The van der Waals surface area contributed by atoms with Crippen LogP contribution in [0.3, 0.4) is 0 Å². The van der Waals surface area contributed by atoms with E-state index in [0.29, 0.717) is 6.04 Å². The van der Waals surface area contributed by atoms with E-state index in [4.69, 9.17) is 4.74 Å². The quantitative estimate of drug-likeness (QED) is 0.775. The molecule has 1 atom stereocenters. The molecule has 0 spiro atoms. The molecule has 0 aliphatic carbocycles. The zero-order valence-electron chi connectivity index (χ0n) is 9.25. The molecule has 0 saturated carbocycles. The van der Waals surface area contributed by atoms with Crippen molar-refractivity contribution in [2.24, 2.45) is 0 Å². The lowest BCUT2D eigenvalue weighted by Crippen LogP contribution is -2.20. The van der Waals surface area contributed by atoms with Gasteiger partial charge in [-0.15, -0.1) is 11.3 Å². The fourth-order valence-electron chi connectivity index (χ4n) is 1.29. The Morgan fingerprint density at radius 2 is 2.40 bits per heavy atom. The smallest absolute Gasteiger partial charge is 0.0477 e. The van der Waals surface area contributed by atoms with Gasteiger partial charge in [-0.3, -0.25) is 0 Å². The maximum Gasteiger partial charge on any atom is 0.0477 e. The summed E-state index contributed by atoms with van der Waals surface area (Å²) in [6.07, 6.45) is 1.07. The number of rotatable bonds is 7. The zero-order chi connectivity index (χ0) is 11.1. The lowest BCUT2D eigenvalue weighted by Gasteiger charge is -2.11. The number of nitrogens with one attached hydrogen (secondary N) is 1. The van der Waals surface area contributed by atoms with Gasteiger partial charge in [0.2, 0.25) is 0 Å². The standard InChI is InChI=1S/C11H18BrNOS/c1-3-14-6-4-5-13-9(2)11-7-10(12)8-15-11/h7-9,13H,3-6H2,1-2H3. The lowest BCUT2D eigenvalue weighted by molar-refractivity contribution is 0.144. The van der Waals surface area contributed by atoms with Gasteiger partial charge in [0, 0.05) is 34.0 Å². The van der Waals surface area contributed by atoms with Crippen LogP contribution in [0.25, 0.3) is 0 Å². The molecule has 86 valence electrons. The van der Waals surface area contributed by atoms with Crippen molar-refractivity contribution in [3.63, 3.8) is 0 Å². The molecule has 1 aromatic heterocycles. The number of thiophene rings is 1. The van der Waals surface area contributed by atoms with Gasteiger partial charge in [0.1, 0.15) is 0 Å². The Morgan fingerprint density at radius 3 is 3.00 bits per heavy atom. The molecule has 0 bridgehead atoms. The molecule has 0 aromatic carbocycles. The third-order valence-corrected chi connectivity index (χ3v) is 4.01. The minimum absolute atomic E-state index is 0.433. The van der Waals surface area contributed by atoms with Gasteiger partial charge in [-0.25, -0.2) is 0 Å². The summed E-state index contributed by atoms with van der Waals surface area (Å²) in [6, 6.07) is 2.60. The van der Waals surface area contributed by atoms with Crippen LogP contribution in [-0.4, -0.2) is 19.8 Å². The van der Waals surface area contributed by atoms with Gasteiger partial charge in [-0.1, -0.05) is 0 Å². The van der Waals surface area contributed by atoms with Crippen LogP contribution in [0.5, 0.6) is 0 Å². The molecule has 2 nitrogen and oxygen atoms in total. The molecule has 0 saturated heterocycles. The summed E-state index contributed by atoms with van der Waals surface area (Å²) in [6.45, 7) is 6.90. The molecule has 0 fully saturated rings. The second-order valence-electron chi connectivity index (χ2n) is 3.39. The normalized spacial score (nSPS) is 13.0. The van der Waals surface area contributed by atoms with Gasteiger partial charge >= 0.3 is 0 Å². The first-order valence-electron chi connectivity index (χ1n) is 5.29. The van der Waals surface area contributed by atoms with Gasteiger partial charge in [-0.2, -0.15) is 0 Å². The van der Waals surface area contributed by atoms with E-state index in [9.17, 15) is 0 Å². The van der Waals surface area contributed by atoms with Gasteiger partial charge in [0.05, 0.1) is 0 Å². The minimum atomic E-state index is 0.433. The van der Waals surface area contributed by atoms with Crippen molar-refractivity contribution in [1.82, 2.24) is 5.32 Å². The van der Waals surface area contributed by atoms with Crippen LogP contribution < -0.4 is 5.32 Å². The Balaban J connectivity index is 2.16. The van der Waals surface area contributed by atoms with Crippen LogP contribution >= 0.6 is 27.3 Å². The molecule has 0 radical (unpaired) electrons. The summed E-state index contributed by atoms with van der Waals surface area (Å²) in [7, 11) is 0. The van der Waals surface area contributed by atoms with E-state index < -0.39 is 0 Å². The van der Waals surface area contributed by atoms with E-state index in [1.807, 2.05) is 6.92 Å². The van der Waals surface area contributed by atoms with Crippen molar-refractivity contribution in [2.45, 2.75) is 26.3 Å². The second-order valence-corrected chi connectivity index (χ2v) is 5.25. The molecule has 1 N–H and O–H groups in total. The monoisotopic (exact) mass is 291 g/mol. The number of halogens is 1. The van der Waals surface area contributed by atoms with E-state index in [1.165, 1.54) is 9.35 Å². The van der Waals surface area contributed by atoms with Crippen LogP contribution in [0.15, 0.2) is 15.9 Å². The molecule has 0 aliphatic rings.